The average molecular weight is 304 g/mol. The number of aliphatic hydroxyl groups excluding tert-OH is 1. The summed E-state index contributed by atoms with van der Waals surface area (Å²) in [6, 6.07) is 8.32. The minimum atomic E-state index is -0.179. The summed E-state index contributed by atoms with van der Waals surface area (Å²) in [5.41, 5.74) is 2.87. The molecule has 1 amide bonds. The van der Waals surface area contributed by atoms with Gasteiger partial charge in [0.2, 0.25) is 0 Å². The van der Waals surface area contributed by atoms with Gasteiger partial charge in [-0.15, -0.1) is 11.3 Å². The second kappa shape index (κ2) is 7.33. The third-order valence-corrected chi connectivity index (χ3v) is 4.03. The molecule has 0 bridgehead atoms. The summed E-state index contributed by atoms with van der Waals surface area (Å²) in [5, 5.41) is 14.4. The number of nitrogens with one attached hydrogen (secondary N) is 1. The van der Waals surface area contributed by atoms with Crippen LogP contribution < -0.4 is 5.32 Å². The van der Waals surface area contributed by atoms with Gasteiger partial charge in [0.25, 0.3) is 5.91 Å². The summed E-state index contributed by atoms with van der Waals surface area (Å²) in [6.07, 6.45) is 0.741. The molecule has 0 saturated heterocycles. The molecule has 1 aromatic carbocycles. The predicted octanol–water partition coefficient (Wildman–Crippen LogP) is 2.40. The molecule has 0 aliphatic heterocycles. The summed E-state index contributed by atoms with van der Waals surface area (Å²) in [5.74, 6) is -0.124. The zero-order chi connectivity index (χ0) is 15.2. The van der Waals surface area contributed by atoms with E-state index in [0.29, 0.717) is 12.2 Å². The number of hydrogen-bond acceptors (Lipinski definition) is 4. The smallest absolute Gasteiger partial charge is 0.270 e. The fourth-order valence-electron chi connectivity index (χ4n) is 1.80. The van der Waals surface area contributed by atoms with Gasteiger partial charge in [-0.2, -0.15) is 0 Å². The molecule has 4 nitrogen and oxygen atoms in total. The third kappa shape index (κ3) is 4.65. The van der Waals surface area contributed by atoms with E-state index in [-0.39, 0.29) is 18.4 Å². The second-order valence-electron chi connectivity index (χ2n) is 5.29. The molecule has 1 heterocycles. The lowest BCUT2D eigenvalue weighted by molar-refractivity contribution is 0.0938. The topological polar surface area (TPSA) is 62.2 Å². The van der Waals surface area contributed by atoms with Gasteiger partial charge in [0, 0.05) is 25.0 Å². The molecule has 0 aliphatic rings. The van der Waals surface area contributed by atoms with Crippen molar-refractivity contribution >= 4 is 17.2 Å². The zero-order valence-electron chi connectivity index (χ0n) is 12.3. The van der Waals surface area contributed by atoms with Crippen molar-refractivity contribution in [1.82, 2.24) is 10.3 Å². The Labute approximate surface area is 128 Å². The van der Waals surface area contributed by atoms with Gasteiger partial charge in [-0.3, -0.25) is 4.79 Å². The highest BCUT2D eigenvalue weighted by Gasteiger charge is 2.11. The van der Waals surface area contributed by atoms with Crippen molar-refractivity contribution in [2.45, 2.75) is 20.3 Å². The molecule has 1 unspecified atom stereocenters. The number of benzene rings is 1. The van der Waals surface area contributed by atoms with E-state index >= 15 is 0 Å². The van der Waals surface area contributed by atoms with Gasteiger partial charge in [-0.1, -0.05) is 36.8 Å². The van der Waals surface area contributed by atoms with E-state index in [2.05, 4.69) is 41.5 Å². The molecule has 21 heavy (non-hydrogen) atoms. The summed E-state index contributed by atoms with van der Waals surface area (Å²) >= 11 is 1.50. The third-order valence-electron chi connectivity index (χ3n) is 3.18. The molecule has 112 valence electrons. The maximum Gasteiger partial charge on any atom is 0.270 e. The van der Waals surface area contributed by atoms with Crippen molar-refractivity contribution in [3.8, 4) is 0 Å². The summed E-state index contributed by atoms with van der Waals surface area (Å²) < 4.78 is 0. The minimum absolute atomic E-state index is 0.0552. The summed E-state index contributed by atoms with van der Waals surface area (Å²) in [7, 11) is 0. The Morgan fingerprint density at radius 2 is 2.10 bits per heavy atom. The number of amides is 1. The Hall–Kier alpha value is -1.72. The minimum Gasteiger partial charge on any atom is -0.396 e. The van der Waals surface area contributed by atoms with Crippen LogP contribution in [-0.4, -0.2) is 29.1 Å². The highest BCUT2D eigenvalue weighted by molar-refractivity contribution is 7.09. The fourth-order valence-corrected chi connectivity index (χ4v) is 2.61. The first-order chi connectivity index (χ1) is 10.1. The Bertz CT molecular complexity index is 593. The monoisotopic (exact) mass is 304 g/mol. The number of carbonyl (C=O) groups excluding carboxylic acids is 1. The highest BCUT2D eigenvalue weighted by Crippen LogP contribution is 2.15. The average Bonchev–Trinajstić information content (AvgIpc) is 2.95. The molecule has 0 fully saturated rings. The van der Waals surface area contributed by atoms with Crippen LogP contribution in [0, 0.1) is 12.8 Å². The van der Waals surface area contributed by atoms with E-state index in [0.717, 1.165) is 11.4 Å². The normalized spacial score (nSPS) is 12.1. The van der Waals surface area contributed by atoms with Crippen LogP contribution in [0.4, 0.5) is 0 Å². The molecule has 1 atom stereocenters. The van der Waals surface area contributed by atoms with Gasteiger partial charge in [0.05, 0.1) is 5.01 Å². The lowest BCUT2D eigenvalue weighted by Crippen LogP contribution is -2.29. The molecular weight excluding hydrogens is 284 g/mol. The van der Waals surface area contributed by atoms with E-state index in [1.165, 1.54) is 22.5 Å². The first-order valence-corrected chi connectivity index (χ1v) is 7.85. The summed E-state index contributed by atoms with van der Waals surface area (Å²) in [6.45, 7) is 4.46. The maximum absolute atomic E-state index is 11.9. The van der Waals surface area contributed by atoms with Crippen LogP contribution in [0.25, 0.3) is 0 Å². The molecule has 5 heteroatoms. The van der Waals surface area contributed by atoms with E-state index < -0.39 is 0 Å². The van der Waals surface area contributed by atoms with Gasteiger partial charge in [0.15, 0.2) is 0 Å². The van der Waals surface area contributed by atoms with E-state index in [9.17, 15) is 4.79 Å². The quantitative estimate of drug-likeness (QED) is 0.861. The highest BCUT2D eigenvalue weighted by atomic mass is 32.1. The van der Waals surface area contributed by atoms with Crippen molar-refractivity contribution < 1.29 is 9.90 Å². The number of rotatable bonds is 6. The molecule has 0 saturated carbocycles. The van der Waals surface area contributed by atoms with Crippen LogP contribution in [0.2, 0.25) is 0 Å². The fraction of sp³-hybridized carbons (Fsp3) is 0.375. The number of hydrogen-bond donors (Lipinski definition) is 2. The second-order valence-corrected chi connectivity index (χ2v) is 6.23. The van der Waals surface area contributed by atoms with E-state index in [4.69, 9.17) is 5.11 Å². The standard InChI is InChI=1S/C16H20N2O2S/c1-11-3-5-13(6-4-11)7-15-18-14(10-21-15)16(20)17-8-12(2)9-19/h3-6,10,12,19H,7-9H2,1-2H3,(H,17,20). The maximum atomic E-state index is 11.9. The molecule has 2 N–H and O–H groups in total. The molecular formula is C16H20N2O2S. The number of thiazole rings is 1. The van der Waals surface area contributed by atoms with Crippen molar-refractivity contribution in [2.75, 3.05) is 13.2 Å². The molecule has 2 rings (SSSR count). The van der Waals surface area contributed by atoms with E-state index in [1.54, 1.807) is 5.38 Å². The number of aromatic nitrogens is 1. The van der Waals surface area contributed by atoms with Crippen LogP contribution in [0.5, 0.6) is 0 Å². The van der Waals surface area contributed by atoms with Gasteiger partial charge in [-0.25, -0.2) is 4.98 Å². The Kier molecular flexibility index (Phi) is 5.47. The Balaban J connectivity index is 1.94. The molecule has 0 spiro atoms. The lowest BCUT2D eigenvalue weighted by Gasteiger charge is -2.07. The van der Waals surface area contributed by atoms with Crippen molar-refractivity contribution in [2.24, 2.45) is 5.92 Å². The van der Waals surface area contributed by atoms with Gasteiger partial charge in [0.1, 0.15) is 5.69 Å². The molecule has 0 radical (unpaired) electrons. The molecule has 2 aromatic rings. The number of carbonyl (C=O) groups is 1. The van der Waals surface area contributed by atoms with Crippen LogP contribution >= 0.6 is 11.3 Å². The van der Waals surface area contributed by atoms with E-state index in [1.807, 2.05) is 6.92 Å². The van der Waals surface area contributed by atoms with Crippen molar-refractivity contribution in [3.05, 3.63) is 51.5 Å². The Morgan fingerprint density at radius 1 is 1.38 bits per heavy atom. The Morgan fingerprint density at radius 3 is 2.76 bits per heavy atom. The summed E-state index contributed by atoms with van der Waals surface area (Å²) in [4.78, 5) is 16.3. The van der Waals surface area contributed by atoms with Crippen LogP contribution in [0.15, 0.2) is 29.6 Å². The zero-order valence-corrected chi connectivity index (χ0v) is 13.1. The van der Waals surface area contributed by atoms with Gasteiger partial charge in [-0.05, 0) is 18.4 Å². The van der Waals surface area contributed by atoms with Crippen molar-refractivity contribution in [1.29, 1.82) is 0 Å². The number of aliphatic hydroxyl groups is 1. The molecule has 0 aliphatic carbocycles. The lowest BCUT2D eigenvalue weighted by atomic mass is 10.1. The first-order valence-electron chi connectivity index (χ1n) is 6.97. The number of aryl methyl sites for hydroxylation is 1. The van der Waals surface area contributed by atoms with Crippen LogP contribution in [0.3, 0.4) is 0 Å². The first kappa shape index (κ1) is 15.7. The number of nitrogens with zero attached hydrogens (tertiary/aromatic N) is 1. The predicted molar refractivity (Wildman–Crippen MR) is 84.7 cm³/mol. The molecule has 1 aromatic heterocycles. The van der Waals surface area contributed by atoms with Gasteiger partial charge >= 0.3 is 0 Å². The SMILES string of the molecule is Cc1ccc(Cc2nc(C(=O)NCC(C)CO)cs2)cc1. The largest absolute Gasteiger partial charge is 0.396 e. The van der Waals surface area contributed by atoms with Gasteiger partial charge < -0.3 is 10.4 Å². The van der Waals surface area contributed by atoms with Crippen LogP contribution in [-0.2, 0) is 6.42 Å². The van der Waals surface area contributed by atoms with Crippen LogP contribution in [0.1, 0.15) is 33.5 Å². The van der Waals surface area contributed by atoms with Crippen molar-refractivity contribution in [3.63, 3.8) is 0 Å².